The number of aromatic nitrogens is 3. The van der Waals surface area contributed by atoms with E-state index in [1.54, 1.807) is 43.7 Å². The Labute approximate surface area is 250 Å². The molecule has 9 heteroatoms. The van der Waals surface area contributed by atoms with Crippen LogP contribution in [0.3, 0.4) is 0 Å². The lowest BCUT2D eigenvalue weighted by molar-refractivity contribution is 0.0697. The number of aromatic carboxylic acids is 1. The molecule has 7 rings (SSSR count). The molecule has 7 aromatic rings. The van der Waals surface area contributed by atoms with Gasteiger partial charge in [0.1, 0.15) is 11.3 Å². The van der Waals surface area contributed by atoms with Gasteiger partial charge in [0.25, 0.3) is 5.56 Å². The summed E-state index contributed by atoms with van der Waals surface area (Å²) in [5, 5.41) is 16.2. The molecule has 0 fully saturated rings. The molecule has 0 atom stereocenters. The van der Waals surface area contributed by atoms with Crippen LogP contribution in [0.2, 0.25) is 0 Å². The first-order valence-corrected chi connectivity index (χ1v) is 14.0. The van der Waals surface area contributed by atoms with Crippen molar-refractivity contribution in [3.05, 3.63) is 130 Å². The number of hydrogen-bond acceptors (Lipinski definition) is 6. The molecule has 0 unspecified atom stereocenters. The molecule has 0 bridgehead atoms. The number of carboxylic acid groups (broad SMARTS) is 1. The van der Waals surface area contributed by atoms with Gasteiger partial charge in [0, 0.05) is 28.7 Å². The highest BCUT2D eigenvalue weighted by Crippen LogP contribution is 2.33. The first-order chi connectivity index (χ1) is 21.4. The van der Waals surface area contributed by atoms with Gasteiger partial charge in [0.05, 0.1) is 35.2 Å². The van der Waals surface area contributed by atoms with Crippen LogP contribution in [0.1, 0.15) is 27.2 Å². The molecule has 216 valence electrons. The molecular weight excluding hydrogens is 556 g/mol. The number of rotatable bonds is 7. The van der Waals surface area contributed by atoms with Gasteiger partial charge in [-0.3, -0.25) is 4.79 Å². The molecule has 0 saturated heterocycles. The monoisotopic (exact) mass is 582 g/mol. The van der Waals surface area contributed by atoms with E-state index in [1.807, 2.05) is 73.7 Å². The first kappa shape index (κ1) is 26.9. The van der Waals surface area contributed by atoms with Gasteiger partial charge in [-0.15, -0.1) is 0 Å². The van der Waals surface area contributed by atoms with Gasteiger partial charge in [-0.1, -0.05) is 48.5 Å². The van der Waals surface area contributed by atoms with Crippen molar-refractivity contribution in [2.45, 2.75) is 13.5 Å². The van der Waals surface area contributed by atoms with Gasteiger partial charge in [-0.25, -0.2) is 9.78 Å². The molecule has 3 aromatic heterocycles. The van der Waals surface area contributed by atoms with Gasteiger partial charge < -0.3 is 18.8 Å². The zero-order valence-electron chi connectivity index (χ0n) is 23.9. The van der Waals surface area contributed by atoms with Crippen LogP contribution < -0.4 is 10.3 Å². The molecule has 3 heterocycles. The van der Waals surface area contributed by atoms with Crippen LogP contribution in [0, 0.1) is 6.92 Å². The van der Waals surface area contributed by atoms with Crippen LogP contribution in [-0.4, -0.2) is 38.6 Å². The van der Waals surface area contributed by atoms with Crippen LogP contribution in [-0.2, 0) is 6.54 Å². The van der Waals surface area contributed by atoms with Gasteiger partial charge in [0.15, 0.2) is 5.76 Å². The Morgan fingerprint density at radius 2 is 1.70 bits per heavy atom. The summed E-state index contributed by atoms with van der Waals surface area (Å²) < 4.78 is 15.1. The van der Waals surface area contributed by atoms with Crippen molar-refractivity contribution >= 4 is 45.0 Å². The molecule has 0 aliphatic heterocycles. The maximum atomic E-state index is 13.8. The summed E-state index contributed by atoms with van der Waals surface area (Å²) in [7, 11) is 1.60. The van der Waals surface area contributed by atoms with Crippen molar-refractivity contribution in [3.63, 3.8) is 0 Å². The Hall–Kier alpha value is -5.96. The minimum absolute atomic E-state index is 0.240. The SMILES string of the molecule is COc1cccc2oc(-c3nc4ccccc4c(=O)n3N=Cc3c(C)n(Cc4ccc(C(=O)O)cc4)c4ccccc34)cc12. The maximum Gasteiger partial charge on any atom is 0.335 e. The topological polar surface area (TPSA) is 112 Å². The lowest BCUT2D eigenvalue weighted by Gasteiger charge is -2.09. The Bertz CT molecular complexity index is 2310. The standard InChI is InChI=1S/C35H26N4O5/c1-21-27(24-8-4-6-11-29(24)38(21)20-22-14-16-23(17-15-22)35(41)42)19-36-39-33(37-28-10-5-3-9-25(28)34(39)40)32-18-26-30(43-2)12-7-13-31(26)44-32/h3-19H,20H2,1-2H3,(H,41,42). The van der Waals surface area contributed by atoms with Crippen LogP contribution in [0.4, 0.5) is 0 Å². The van der Waals surface area contributed by atoms with E-state index in [0.29, 0.717) is 34.5 Å². The second-order valence-corrected chi connectivity index (χ2v) is 10.4. The van der Waals surface area contributed by atoms with Crippen molar-refractivity contribution in [1.29, 1.82) is 0 Å². The number of methoxy groups -OCH3 is 1. The van der Waals surface area contributed by atoms with E-state index in [2.05, 4.69) is 4.57 Å². The largest absolute Gasteiger partial charge is 0.496 e. The van der Waals surface area contributed by atoms with Gasteiger partial charge >= 0.3 is 5.97 Å². The fourth-order valence-corrected chi connectivity index (χ4v) is 5.59. The smallest absolute Gasteiger partial charge is 0.335 e. The number of nitrogens with zero attached hydrogens (tertiary/aromatic N) is 4. The molecule has 0 aliphatic rings. The Morgan fingerprint density at radius 3 is 2.48 bits per heavy atom. The molecule has 9 nitrogen and oxygen atoms in total. The number of hydrogen-bond donors (Lipinski definition) is 1. The van der Waals surface area contributed by atoms with Gasteiger partial charge in [-0.05, 0) is 61.0 Å². The number of ether oxygens (including phenoxy) is 1. The number of carbonyl (C=O) groups is 1. The Kier molecular flexibility index (Phi) is 6.55. The summed E-state index contributed by atoms with van der Waals surface area (Å²) in [4.78, 5) is 30.0. The van der Waals surface area contributed by atoms with E-state index in [4.69, 9.17) is 19.2 Å². The second kappa shape index (κ2) is 10.7. The van der Waals surface area contributed by atoms with E-state index in [-0.39, 0.29) is 16.9 Å². The summed E-state index contributed by atoms with van der Waals surface area (Å²) in [6.07, 6.45) is 1.69. The van der Waals surface area contributed by atoms with E-state index in [9.17, 15) is 14.7 Å². The zero-order valence-corrected chi connectivity index (χ0v) is 23.9. The van der Waals surface area contributed by atoms with Crippen molar-refractivity contribution in [2.24, 2.45) is 5.10 Å². The molecule has 4 aromatic carbocycles. The third-order valence-electron chi connectivity index (χ3n) is 7.84. The quantitative estimate of drug-likeness (QED) is 0.209. The van der Waals surface area contributed by atoms with Crippen molar-refractivity contribution in [2.75, 3.05) is 7.11 Å². The second-order valence-electron chi connectivity index (χ2n) is 10.4. The molecular formula is C35H26N4O5. The van der Waals surface area contributed by atoms with Crippen LogP contribution >= 0.6 is 0 Å². The summed E-state index contributed by atoms with van der Waals surface area (Å²) in [6, 6.07) is 29.3. The maximum absolute atomic E-state index is 13.8. The fraction of sp³-hybridized carbons (Fsp3) is 0.0857. The predicted molar refractivity (Wildman–Crippen MR) is 170 cm³/mol. The van der Waals surface area contributed by atoms with E-state index in [1.165, 1.54) is 4.68 Å². The minimum Gasteiger partial charge on any atom is -0.496 e. The summed E-state index contributed by atoms with van der Waals surface area (Å²) in [5.74, 6) is 0.338. The van der Waals surface area contributed by atoms with Crippen LogP contribution in [0.5, 0.6) is 5.75 Å². The van der Waals surface area contributed by atoms with Gasteiger partial charge in [0.2, 0.25) is 5.82 Å². The number of furan rings is 1. The van der Waals surface area contributed by atoms with Crippen molar-refractivity contribution < 1.29 is 19.1 Å². The lowest BCUT2D eigenvalue weighted by atomic mass is 10.1. The molecule has 0 saturated carbocycles. The highest BCUT2D eigenvalue weighted by molar-refractivity contribution is 6.01. The molecule has 44 heavy (non-hydrogen) atoms. The van der Waals surface area contributed by atoms with Crippen LogP contribution in [0.15, 0.2) is 111 Å². The van der Waals surface area contributed by atoms with Crippen LogP contribution in [0.25, 0.3) is 44.4 Å². The highest BCUT2D eigenvalue weighted by atomic mass is 16.5. The number of fused-ring (bicyclic) bond motifs is 3. The molecule has 0 aliphatic carbocycles. The van der Waals surface area contributed by atoms with E-state index in [0.717, 1.165) is 33.1 Å². The normalized spacial score (nSPS) is 11.7. The summed E-state index contributed by atoms with van der Waals surface area (Å²) in [5.41, 5.74) is 4.79. The third-order valence-corrected chi connectivity index (χ3v) is 7.84. The zero-order chi connectivity index (χ0) is 30.4. The van der Waals surface area contributed by atoms with Crippen molar-refractivity contribution in [3.8, 4) is 17.3 Å². The number of para-hydroxylation sites is 2. The summed E-state index contributed by atoms with van der Waals surface area (Å²) in [6.45, 7) is 2.53. The molecule has 1 N–H and O–H groups in total. The molecule has 0 spiro atoms. The Morgan fingerprint density at radius 1 is 0.955 bits per heavy atom. The number of carboxylic acids is 1. The third kappa shape index (κ3) is 4.51. The minimum atomic E-state index is -0.961. The Balaban J connectivity index is 1.37. The predicted octanol–water partition coefficient (Wildman–Crippen LogP) is 6.71. The first-order valence-electron chi connectivity index (χ1n) is 14.0. The van der Waals surface area contributed by atoms with E-state index < -0.39 is 5.97 Å². The van der Waals surface area contributed by atoms with E-state index >= 15 is 0 Å². The van der Waals surface area contributed by atoms with Gasteiger partial charge in [-0.2, -0.15) is 9.78 Å². The fourth-order valence-electron chi connectivity index (χ4n) is 5.59. The number of benzene rings is 4. The molecule has 0 amide bonds. The average Bonchev–Trinajstić information content (AvgIpc) is 3.60. The molecule has 0 radical (unpaired) electrons. The highest BCUT2D eigenvalue weighted by Gasteiger charge is 2.19. The van der Waals surface area contributed by atoms with Crippen molar-refractivity contribution in [1.82, 2.24) is 14.2 Å². The average molecular weight is 583 g/mol. The lowest BCUT2D eigenvalue weighted by Crippen LogP contribution is -2.20. The summed E-state index contributed by atoms with van der Waals surface area (Å²) >= 11 is 0.